The van der Waals surface area contributed by atoms with Crippen molar-refractivity contribution < 1.29 is 4.74 Å². The van der Waals surface area contributed by atoms with Gasteiger partial charge in [-0.3, -0.25) is 0 Å². The van der Waals surface area contributed by atoms with Gasteiger partial charge in [-0.15, -0.1) is 11.6 Å². The number of aryl methyl sites for hydroxylation is 2. The molecule has 0 heterocycles. The summed E-state index contributed by atoms with van der Waals surface area (Å²) in [6, 6.07) is 12.7. The van der Waals surface area contributed by atoms with Gasteiger partial charge in [0.25, 0.3) is 0 Å². The van der Waals surface area contributed by atoms with E-state index in [1.54, 1.807) is 0 Å². The van der Waals surface area contributed by atoms with Gasteiger partial charge >= 0.3 is 0 Å². The van der Waals surface area contributed by atoms with Crippen LogP contribution in [-0.2, 0) is 25.3 Å². The molecule has 0 amide bonds. The van der Waals surface area contributed by atoms with Crippen molar-refractivity contribution in [2.24, 2.45) is 0 Å². The van der Waals surface area contributed by atoms with Gasteiger partial charge in [-0.2, -0.15) is 0 Å². The molecule has 2 aromatic carbocycles. The molecule has 20 heavy (non-hydrogen) atoms. The minimum atomic E-state index is 0.518. The van der Waals surface area contributed by atoms with Crippen molar-refractivity contribution in [1.82, 2.24) is 0 Å². The Labute approximate surface area is 133 Å². The number of alkyl halides is 1. The van der Waals surface area contributed by atoms with Gasteiger partial charge in [-0.25, -0.2) is 0 Å². The molecule has 1 nitrogen and oxygen atoms in total. The van der Waals surface area contributed by atoms with Crippen LogP contribution in [-0.4, -0.2) is 0 Å². The van der Waals surface area contributed by atoms with E-state index in [0.717, 1.165) is 15.8 Å². The Bertz CT molecular complexity index is 624. The maximum Gasteiger partial charge on any atom is 0.134 e. The lowest BCUT2D eigenvalue weighted by Gasteiger charge is -2.10. The van der Waals surface area contributed by atoms with E-state index in [9.17, 15) is 0 Å². The van der Waals surface area contributed by atoms with Gasteiger partial charge in [0.1, 0.15) is 12.4 Å². The van der Waals surface area contributed by atoms with Crippen LogP contribution in [0.15, 0.2) is 40.9 Å². The van der Waals surface area contributed by atoms with E-state index in [0.29, 0.717) is 12.5 Å². The average molecular weight is 352 g/mol. The van der Waals surface area contributed by atoms with E-state index in [-0.39, 0.29) is 0 Å². The Hall–Kier alpha value is -0.990. The zero-order valence-corrected chi connectivity index (χ0v) is 13.5. The second kappa shape index (κ2) is 6.19. The summed E-state index contributed by atoms with van der Waals surface area (Å²) in [5, 5.41) is 0. The highest BCUT2D eigenvalue weighted by atomic mass is 79.9. The molecule has 0 aromatic heterocycles. The smallest absolute Gasteiger partial charge is 0.134 e. The first-order chi connectivity index (χ1) is 9.76. The highest BCUT2D eigenvalue weighted by Crippen LogP contribution is 2.28. The lowest BCUT2D eigenvalue weighted by Crippen LogP contribution is -1.97. The normalized spacial score (nSPS) is 13.3. The zero-order chi connectivity index (χ0) is 13.9. The molecule has 0 atom stereocenters. The summed E-state index contributed by atoms with van der Waals surface area (Å²) < 4.78 is 6.85. The van der Waals surface area contributed by atoms with Crippen LogP contribution < -0.4 is 4.74 Å². The third kappa shape index (κ3) is 3.02. The van der Waals surface area contributed by atoms with Gasteiger partial charge in [0.2, 0.25) is 0 Å². The average Bonchev–Trinajstić information content (AvgIpc) is 2.93. The molecule has 0 spiro atoms. The van der Waals surface area contributed by atoms with Crippen molar-refractivity contribution in [1.29, 1.82) is 0 Å². The Balaban J connectivity index is 1.70. The van der Waals surface area contributed by atoms with E-state index in [1.165, 1.54) is 36.0 Å². The fraction of sp³-hybridized carbons (Fsp3) is 0.294. The van der Waals surface area contributed by atoms with Crippen LogP contribution in [0.3, 0.4) is 0 Å². The predicted octanol–water partition coefficient (Wildman–Crippen LogP) is 5.26. The SMILES string of the molecule is ClCc1ccc(OCc2ccc3c(c2)CCC3)c(Br)c1. The summed E-state index contributed by atoms with van der Waals surface area (Å²) in [4.78, 5) is 0. The maximum atomic E-state index is 5.89. The highest BCUT2D eigenvalue weighted by Gasteiger charge is 2.11. The van der Waals surface area contributed by atoms with Crippen molar-refractivity contribution in [3.8, 4) is 5.75 Å². The number of hydrogen-bond acceptors (Lipinski definition) is 1. The molecule has 1 aliphatic carbocycles. The molecule has 0 bridgehead atoms. The van der Waals surface area contributed by atoms with Crippen LogP contribution >= 0.6 is 27.5 Å². The monoisotopic (exact) mass is 350 g/mol. The minimum Gasteiger partial charge on any atom is -0.488 e. The molecule has 0 radical (unpaired) electrons. The van der Waals surface area contributed by atoms with Gasteiger partial charge in [0.05, 0.1) is 4.47 Å². The molecule has 0 N–H and O–H groups in total. The second-order valence-corrected chi connectivity index (χ2v) is 6.27. The van der Waals surface area contributed by atoms with Crippen LogP contribution in [0, 0.1) is 0 Å². The number of fused-ring (bicyclic) bond motifs is 1. The molecule has 3 heteroatoms. The van der Waals surface area contributed by atoms with Crippen LogP contribution in [0.2, 0.25) is 0 Å². The molecule has 0 saturated carbocycles. The van der Waals surface area contributed by atoms with E-state index in [4.69, 9.17) is 16.3 Å². The first kappa shape index (κ1) is 14.0. The summed E-state index contributed by atoms with van der Waals surface area (Å²) in [7, 11) is 0. The Morgan fingerprint density at radius 2 is 1.80 bits per heavy atom. The maximum absolute atomic E-state index is 5.89. The summed E-state index contributed by atoms with van der Waals surface area (Å²) >= 11 is 9.34. The van der Waals surface area contributed by atoms with Crippen LogP contribution in [0.4, 0.5) is 0 Å². The lowest BCUT2D eigenvalue weighted by atomic mass is 10.1. The van der Waals surface area contributed by atoms with Crippen molar-refractivity contribution in [3.63, 3.8) is 0 Å². The third-order valence-electron chi connectivity index (χ3n) is 3.71. The van der Waals surface area contributed by atoms with Crippen LogP contribution in [0.5, 0.6) is 5.75 Å². The topological polar surface area (TPSA) is 9.23 Å². The summed E-state index contributed by atoms with van der Waals surface area (Å²) in [6.07, 6.45) is 3.71. The van der Waals surface area contributed by atoms with Gasteiger partial charge < -0.3 is 4.74 Å². The molecule has 2 aromatic rings. The molecular formula is C17H16BrClO. The molecule has 3 rings (SSSR count). The quantitative estimate of drug-likeness (QED) is 0.683. The van der Waals surface area contributed by atoms with Crippen LogP contribution in [0.25, 0.3) is 0 Å². The highest BCUT2D eigenvalue weighted by molar-refractivity contribution is 9.10. The number of rotatable bonds is 4. The summed E-state index contributed by atoms with van der Waals surface area (Å²) in [5.41, 5.74) is 5.31. The number of benzene rings is 2. The lowest BCUT2D eigenvalue weighted by molar-refractivity contribution is 0.304. The Morgan fingerprint density at radius 1 is 1.00 bits per heavy atom. The van der Waals surface area contributed by atoms with Gasteiger partial charge in [-0.1, -0.05) is 24.3 Å². The first-order valence-electron chi connectivity index (χ1n) is 6.84. The van der Waals surface area contributed by atoms with Crippen molar-refractivity contribution >= 4 is 27.5 Å². The first-order valence-corrected chi connectivity index (χ1v) is 8.17. The van der Waals surface area contributed by atoms with E-state index in [1.807, 2.05) is 18.2 Å². The number of hydrogen-bond donors (Lipinski definition) is 0. The fourth-order valence-electron chi connectivity index (χ4n) is 2.62. The Morgan fingerprint density at radius 3 is 2.60 bits per heavy atom. The Kier molecular flexibility index (Phi) is 4.32. The molecule has 1 aliphatic rings. The molecule has 0 unspecified atom stereocenters. The zero-order valence-electron chi connectivity index (χ0n) is 11.2. The summed E-state index contributed by atoms with van der Waals surface area (Å²) in [5.74, 6) is 1.38. The molecular weight excluding hydrogens is 336 g/mol. The van der Waals surface area contributed by atoms with Crippen molar-refractivity contribution in [3.05, 3.63) is 63.1 Å². The molecule has 0 saturated heterocycles. The third-order valence-corrected chi connectivity index (χ3v) is 4.64. The molecule has 0 aliphatic heterocycles. The predicted molar refractivity (Wildman–Crippen MR) is 86.5 cm³/mol. The number of ether oxygens (including phenoxy) is 1. The van der Waals surface area contributed by atoms with Gasteiger partial charge in [0.15, 0.2) is 0 Å². The van der Waals surface area contributed by atoms with Gasteiger partial charge in [0, 0.05) is 5.88 Å². The minimum absolute atomic E-state index is 0.518. The number of halogens is 2. The van der Waals surface area contributed by atoms with Crippen molar-refractivity contribution in [2.75, 3.05) is 0 Å². The van der Waals surface area contributed by atoms with E-state index < -0.39 is 0 Å². The second-order valence-electron chi connectivity index (χ2n) is 5.14. The van der Waals surface area contributed by atoms with E-state index in [2.05, 4.69) is 34.1 Å². The standard InChI is InChI=1S/C17H16BrClO/c18-16-9-12(10-19)5-7-17(16)20-11-13-4-6-14-2-1-3-15(14)8-13/h4-9H,1-3,10-11H2. The molecule has 104 valence electrons. The van der Waals surface area contributed by atoms with Crippen LogP contribution in [0.1, 0.15) is 28.7 Å². The largest absolute Gasteiger partial charge is 0.488 e. The summed E-state index contributed by atoms with van der Waals surface area (Å²) in [6.45, 7) is 0.603. The van der Waals surface area contributed by atoms with Crippen molar-refractivity contribution in [2.45, 2.75) is 31.7 Å². The molecule has 0 fully saturated rings. The fourth-order valence-corrected chi connectivity index (χ4v) is 3.33. The van der Waals surface area contributed by atoms with E-state index >= 15 is 0 Å². The van der Waals surface area contributed by atoms with Gasteiger partial charge in [-0.05, 0) is 69.6 Å².